The molecule has 82 valence electrons. The number of hydrogen-bond acceptors (Lipinski definition) is 3. The van der Waals surface area contributed by atoms with Crippen molar-refractivity contribution < 1.29 is 14.6 Å². The Morgan fingerprint density at radius 2 is 2.07 bits per heavy atom. The molecular weight excluding hydrogens is 194 g/mol. The highest BCUT2D eigenvalue weighted by Gasteiger charge is 2.27. The van der Waals surface area contributed by atoms with Crippen LogP contribution in [0.1, 0.15) is 12.5 Å². The van der Waals surface area contributed by atoms with Gasteiger partial charge in [0.25, 0.3) is 0 Å². The molecule has 1 aromatic carbocycles. The van der Waals surface area contributed by atoms with Crippen LogP contribution in [0.5, 0.6) is 0 Å². The minimum atomic E-state index is -1.32. The Morgan fingerprint density at radius 3 is 2.60 bits per heavy atom. The summed E-state index contributed by atoms with van der Waals surface area (Å²) in [6.45, 7) is 1.80. The molecule has 0 unspecified atom stereocenters. The molecule has 0 fully saturated rings. The molecule has 0 saturated carbocycles. The van der Waals surface area contributed by atoms with Crippen LogP contribution in [-0.2, 0) is 16.1 Å². The van der Waals surface area contributed by atoms with Crippen molar-refractivity contribution in [2.24, 2.45) is 5.73 Å². The quantitative estimate of drug-likeness (QED) is 0.759. The number of hydrogen-bond donors (Lipinski definition) is 2. The Balaban J connectivity index is 2.37. The van der Waals surface area contributed by atoms with Gasteiger partial charge in [0.05, 0.1) is 13.2 Å². The first-order valence-electron chi connectivity index (χ1n) is 4.66. The smallest absolute Gasteiger partial charge is 0.325 e. The molecule has 0 radical (unpaired) electrons. The molecule has 0 aromatic heterocycles. The first-order valence-corrected chi connectivity index (χ1v) is 4.66. The minimum Gasteiger partial charge on any atom is -0.480 e. The van der Waals surface area contributed by atoms with Crippen LogP contribution in [0.2, 0.25) is 0 Å². The third kappa shape index (κ3) is 3.69. The maximum Gasteiger partial charge on any atom is 0.325 e. The van der Waals surface area contributed by atoms with Gasteiger partial charge in [-0.1, -0.05) is 30.3 Å². The van der Waals surface area contributed by atoms with Gasteiger partial charge in [-0.05, 0) is 12.5 Å². The van der Waals surface area contributed by atoms with E-state index in [-0.39, 0.29) is 6.61 Å². The van der Waals surface area contributed by atoms with Gasteiger partial charge in [0.2, 0.25) is 0 Å². The van der Waals surface area contributed by atoms with E-state index in [4.69, 9.17) is 15.6 Å². The van der Waals surface area contributed by atoms with Crippen LogP contribution in [0.4, 0.5) is 0 Å². The van der Waals surface area contributed by atoms with Crippen molar-refractivity contribution in [1.29, 1.82) is 0 Å². The minimum absolute atomic E-state index is 0.00275. The molecule has 0 amide bonds. The van der Waals surface area contributed by atoms with Crippen molar-refractivity contribution in [1.82, 2.24) is 0 Å². The summed E-state index contributed by atoms with van der Waals surface area (Å²) in [5.41, 5.74) is 5.17. The van der Waals surface area contributed by atoms with Gasteiger partial charge in [-0.2, -0.15) is 0 Å². The van der Waals surface area contributed by atoms with Gasteiger partial charge in [0, 0.05) is 0 Å². The van der Waals surface area contributed by atoms with Gasteiger partial charge in [-0.3, -0.25) is 4.79 Å². The van der Waals surface area contributed by atoms with Crippen LogP contribution >= 0.6 is 0 Å². The third-order valence-electron chi connectivity index (χ3n) is 2.00. The lowest BCUT2D eigenvalue weighted by Crippen LogP contribution is -2.48. The Hall–Kier alpha value is -1.39. The molecule has 1 aromatic rings. The summed E-state index contributed by atoms with van der Waals surface area (Å²) < 4.78 is 5.24. The SMILES string of the molecule is C[C@@](N)(COCc1ccccc1)C(=O)O. The summed E-state index contributed by atoms with van der Waals surface area (Å²) in [4.78, 5) is 10.7. The molecule has 0 saturated heterocycles. The molecule has 0 aliphatic heterocycles. The largest absolute Gasteiger partial charge is 0.480 e. The number of nitrogens with two attached hydrogens (primary N) is 1. The number of carboxylic acid groups (broad SMARTS) is 1. The average molecular weight is 209 g/mol. The van der Waals surface area contributed by atoms with Gasteiger partial charge in [-0.15, -0.1) is 0 Å². The van der Waals surface area contributed by atoms with Gasteiger partial charge in [0.1, 0.15) is 5.54 Å². The summed E-state index contributed by atoms with van der Waals surface area (Å²) in [5, 5.41) is 8.73. The molecule has 0 aliphatic rings. The predicted octanol–water partition coefficient (Wildman–Crippen LogP) is 1.01. The van der Waals surface area contributed by atoms with E-state index in [9.17, 15) is 4.79 Å². The molecule has 3 N–H and O–H groups in total. The van der Waals surface area contributed by atoms with Crippen LogP contribution in [0.15, 0.2) is 30.3 Å². The fourth-order valence-electron chi connectivity index (χ4n) is 1.02. The van der Waals surface area contributed by atoms with Crippen molar-refractivity contribution >= 4 is 5.97 Å². The van der Waals surface area contributed by atoms with E-state index < -0.39 is 11.5 Å². The summed E-state index contributed by atoms with van der Waals surface area (Å²) in [7, 11) is 0. The van der Waals surface area contributed by atoms with Crippen LogP contribution in [0.3, 0.4) is 0 Å². The van der Waals surface area contributed by atoms with E-state index in [0.717, 1.165) is 5.56 Å². The van der Waals surface area contributed by atoms with Gasteiger partial charge in [-0.25, -0.2) is 0 Å². The number of carboxylic acids is 1. The van der Waals surface area contributed by atoms with Gasteiger partial charge >= 0.3 is 5.97 Å². The molecule has 0 bridgehead atoms. The zero-order valence-corrected chi connectivity index (χ0v) is 8.64. The summed E-state index contributed by atoms with van der Waals surface area (Å²) in [6, 6.07) is 9.53. The lowest BCUT2D eigenvalue weighted by molar-refractivity contribution is -0.145. The van der Waals surface area contributed by atoms with E-state index in [1.807, 2.05) is 30.3 Å². The molecule has 4 heteroatoms. The number of rotatable bonds is 5. The van der Waals surface area contributed by atoms with Crippen LogP contribution in [0.25, 0.3) is 0 Å². The highest BCUT2D eigenvalue weighted by atomic mass is 16.5. The van der Waals surface area contributed by atoms with E-state index in [0.29, 0.717) is 6.61 Å². The average Bonchev–Trinajstić information content (AvgIpc) is 2.19. The Morgan fingerprint density at radius 1 is 1.47 bits per heavy atom. The number of aliphatic carboxylic acids is 1. The summed E-state index contributed by atoms with van der Waals surface area (Å²) >= 11 is 0. The highest BCUT2D eigenvalue weighted by molar-refractivity contribution is 5.77. The molecular formula is C11H15NO3. The maximum atomic E-state index is 10.7. The number of carbonyl (C=O) groups is 1. The molecule has 1 atom stereocenters. The summed E-state index contributed by atoms with van der Waals surface area (Å²) in [6.07, 6.45) is 0. The maximum absolute atomic E-state index is 10.7. The monoisotopic (exact) mass is 209 g/mol. The molecule has 1 rings (SSSR count). The molecule has 0 aliphatic carbocycles. The van der Waals surface area contributed by atoms with Gasteiger partial charge < -0.3 is 15.6 Å². The Bertz CT molecular complexity index is 322. The van der Waals surface area contributed by atoms with Gasteiger partial charge in [0.15, 0.2) is 0 Å². The van der Waals surface area contributed by atoms with Crippen molar-refractivity contribution in [2.45, 2.75) is 19.1 Å². The zero-order chi connectivity index (χ0) is 11.3. The normalized spacial score (nSPS) is 14.5. The lowest BCUT2D eigenvalue weighted by atomic mass is 10.1. The number of ether oxygens (including phenoxy) is 1. The number of benzene rings is 1. The standard InChI is InChI=1S/C11H15NO3/c1-11(12,10(13)14)8-15-7-9-5-3-2-4-6-9/h2-6H,7-8,12H2,1H3,(H,13,14)/t11-/m1/s1. The van der Waals surface area contributed by atoms with E-state index in [1.54, 1.807) is 0 Å². The molecule has 4 nitrogen and oxygen atoms in total. The zero-order valence-electron chi connectivity index (χ0n) is 8.64. The van der Waals surface area contributed by atoms with Crippen molar-refractivity contribution in [3.05, 3.63) is 35.9 Å². The molecule has 0 heterocycles. The van der Waals surface area contributed by atoms with Crippen LogP contribution in [0, 0.1) is 0 Å². The van der Waals surface area contributed by atoms with E-state index in [1.165, 1.54) is 6.92 Å². The lowest BCUT2D eigenvalue weighted by Gasteiger charge is -2.18. The van der Waals surface area contributed by atoms with Crippen molar-refractivity contribution in [3.8, 4) is 0 Å². The second kappa shape index (κ2) is 4.91. The second-order valence-corrected chi connectivity index (χ2v) is 3.70. The Labute approximate surface area is 88.7 Å². The third-order valence-corrected chi connectivity index (χ3v) is 2.00. The second-order valence-electron chi connectivity index (χ2n) is 3.70. The van der Waals surface area contributed by atoms with Crippen molar-refractivity contribution in [3.63, 3.8) is 0 Å². The summed E-state index contributed by atoms with van der Waals surface area (Å²) in [5.74, 6) is -1.06. The molecule has 0 spiro atoms. The fourth-order valence-corrected chi connectivity index (χ4v) is 1.02. The molecule has 15 heavy (non-hydrogen) atoms. The highest BCUT2D eigenvalue weighted by Crippen LogP contribution is 2.04. The Kier molecular flexibility index (Phi) is 3.82. The van der Waals surface area contributed by atoms with E-state index in [2.05, 4.69) is 0 Å². The first kappa shape index (κ1) is 11.7. The van der Waals surface area contributed by atoms with Crippen LogP contribution in [-0.4, -0.2) is 23.2 Å². The first-order chi connectivity index (χ1) is 7.02. The van der Waals surface area contributed by atoms with E-state index >= 15 is 0 Å². The fraction of sp³-hybridized carbons (Fsp3) is 0.364. The van der Waals surface area contributed by atoms with Crippen molar-refractivity contribution in [2.75, 3.05) is 6.61 Å². The van der Waals surface area contributed by atoms with Crippen LogP contribution < -0.4 is 5.73 Å². The predicted molar refractivity (Wildman–Crippen MR) is 56.3 cm³/mol. The topological polar surface area (TPSA) is 72.5 Å².